The van der Waals surface area contributed by atoms with Gasteiger partial charge in [0.25, 0.3) is 5.91 Å². The van der Waals surface area contributed by atoms with Crippen molar-refractivity contribution in [3.8, 4) is 0 Å². The van der Waals surface area contributed by atoms with Gasteiger partial charge in [-0.15, -0.1) is 21.5 Å². The zero-order valence-corrected chi connectivity index (χ0v) is 24.5. The first kappa shape index (κ1) is 28.3. The molecular weight excluding hydrogens is 541 g/mol. The number of rotatable bonds is 8. The number of carbonyl (C=O) groups is 3. The summed E-state index contributed by atoms with van der Waals surface area (Å²) >= 11 is 3.91. The first-order valence-electron chi connectivity index (χ1n) is 12.7. The second kappa shape index (κ2) is 12.4. The van der Waals surface area contributed by atoms with Crippen molar-refractivity contribution >= 4 is 62.4 Å². The van der Waals surface area contributed by atoms with Crippen LogP contribution in [0.15, 0.2) is 28.6 Å². The number of hydrogen-bond acceptors (Lipinski definition) is 9. The minimum absolute atomic E-state index is 0.00920. The topological polar surface area (TPSA) is 110 Å². The second-order valence-electron chi connectivity index (χ2n) is 9.98. The van der Waals surface area contributed by atoms with Gasteiger partial charge in [0.2, 0.25) is 11.0 Å². The molecule has 1 aromatic carbocycles. The maximum absolute atomic E-state index is 12.8. The number of carbonyl (C=O) groups excluding carboxylic acids is 3. The highest BCUT2D eigenvalue weighted by Crippen LogP contribution is 2.38. The number of aryl methyl sites for hydroxylation is 1. The summed E-state index contributed by atoms with van der Waals surface area (Å²) in [5, 5.41) is 14.7. The number of anilines is 2. The summed E-state index contributed by atoms with van der Waals surface area (Å²) in [6.07, 6.45) is 4.98. The van der Waals surface area contributed by atoms with Crippen molar-refractivity contribution in [1.82, 2.24) is 10.2 Å². The van der Waals surface area contributed by atoms with Crippen molar-refractivity contribution in [1.29, 1.82) is 0 Å². The number of ether oxygens (including phenoxy) is 1. The minimum Gasteiger partial charge on any atom is -0.462 e. The fourth-order valence-corrected chi connectivity index (χ4v) is 6.99. The van der Waals surface area contributed by atoms with Gasteiger partial charge in [-0.25, -0.2) is 4.79 Å². The molecule has 2 N–H and O–H groups in total. The molecule has 0 fully saturated rings. The van der Waals surface area contributed by atoms with Crippen molar-refractivity contribution in [2.24, 2.45) is 0 Å². The van der Waals surface area contributed by atoms with Crippen molar-refractivity contribution in [3.63, 3.8) is 0 Å². The molecule has 1 aliphatic carbocycles. The molecule has 8 nitrogen and oxygen atoms in total. The monoisotopic (exact) mass is 572 g/mol. The molecule has 3 aromatic rings. The largest absolute Gasteiger partial charge is 0.462 e. The van der Waals surface area contributed by atoms with Crippen LogP contribution in [0.5, 0.6) is 0 Å². The Morgan fingerprint density at radius 3 is 2.45 bits per heavy atom. The van der Waals surface area contributed by atoms with Gasteiger partial charge in [-0.1, -0.05) is 62.4 Å². The Morgan fingerprint density at radius 2 is 1.74 bits per heavy atom. The van der Waals surface area contributed by atoms with Crippen LogP contribution >= 0.6 is 34.4 Å². The molecule has 0 atom stereocenters. The van der Waals surface area contributed by atoms with Gasteiger partial charge < -0.3 is 10.1 Å². The fourth-order valence-electron chi connectivity index (χ4n) is 4.15. The van der Waals surface area contributed by atoms with E-state index in [0.29, 0.717) is 25.6 Å². The third kappa shape index (κ3) is 7.00. The molecule has 11 heteroatoms. The summed E-state index contributed by atoms with van der Waals surface area (Å²) in [7, 11) is 0. The number of fused-ring (bicyclic) bond motifs is 1. The van der Waals surface area contributed by atoms with Gasteiger partial charge in [-0.3, -0.25) is 14.9 Å². The minimum atomic E-state index is -0.382. The van der Waals surface area contributed by atoms with Crippen LogP contribution in [-0.4, -0.2) is 40.3 Å². The molecule has 0 bridgehead atoms. The van der Waals surface area contributed by atoms with Crippen molar-refractivity contribution in [3.05, 3.63) is 51.4 Å². The predicted octanol–water partition coefficient (Wildman–Crippen LogP) is 6.33. The highest BCUT2D eigenvalue weighted by molar-refractivity contribution is 8.01. The standard InChI is InChI=1S/C27H32N4O4S3/c1-5-35-24(34)21-18-9-7-6-8-10-19(18)37-23(21)28-20(32)15-36-26-31-30-25(38-26)29-22(33)16-11-13-17(14-12-16)27(2,3)4/h11-14H,5-10,15H2,1-4H3,(H,28,32)(H,29,30,33). The molecule has 0 radical (unpaired) electrons. The molecule has 0 saturated heterocycles. The number of esters is 1. The lowest BCUT2D eigenvalue weighted by molar-refractivity contribution is -0.113. The number of thioether (sulfide) groups is 1. The van der Waals surface area contributed by atoms with E-state index in [1.165, 1.54) is 34.4 Å². The van der Waals surface area contributed by atoms with Crippen molar-refractivity contribution < 1.29 is 19.1 Å². The number of hydrogen-bond donors (Lipinski definition) is 2. The van der Waals surface area contributed by atoms with E-state index in [1.807, 2.05) is 12.1 Å². The molecule has 2 amide bonds. The maximum atomic E-state index is 12.8. The van der Waals surface area contributed by atoms with Gasteiger partial charge in [0.1, 0.15) is 5.00 Å². The van der Waals surface area contributed by atoms with E-state index in [4.69, 9.17) is 4.74 Å². The van der Waals surface area contributed by atoms with Crippen LogP contribution < -0.4 is 10.6 Å². The Kier molecular flexibility index (Phi) is 9.22. The summed E-state index contributed by atoms with van der Waals surface area (Å²) < 4.78 is 5.85. The molecule has 202 valence electrons. The molecule has 0 unspecified atom stereocenters. The number of thiophene rings is 1. The van der Waals surface area contributed by atoms with E-state index < -0.39 is 0 Å². The first-order chi connectivity index (χ1) is 18.2. The number of benzene rings is 1. The van der Waals surface area contributed by atoms with Crippen molar-refractivity contribution in [2.45, 2.75) is 69.6 Å². The molecule has 2 heterocycles. The second-order valence-corrected chi connectivity index (χ2v) is 13.3. The lowest BCUT2D eigenvalue weighted by Gasteiger charge is -2.18. The van der Waals surface area contributed by atoms with E-state index in [1.54, 1.807) is 19.1 Å². The Hall–Kier alpha value is -2.76. The number of amides is 2. The van der Waals surface area contributed by atoms with E-state index in [-0.39, 0.29) is 35.6 Å². The van der Waals surface area contributed by atoms with Crippen molar-refractivity contribution in [2.75, 3.05) is 23.0 Å². The van der Waals surface area contributed by atoms with Gasteiger partial charge in [-0.2, -0.15) is 0 Å². The highest BCUT2D eigenvalue weighted by Gasteiger charge is 2.26. The van der Waals surface area contributed by atoms with Crippen LogP contribution in [0.2, 0.25) is 0 Å². The van der Waals surface area contributed by atoms with E-state index >= 15 is 0 Å². The Balaban J connectivity index is 1.35. The van der Waals surface area contributed by atoms with E-state index in [2.05, 4.69) is 41.6 Å². The van der Waals surface area contributed by atoms with E-state index in [0.717, 1.165) is 48.1 Å². The average molecular weight is 573 g/mol. The molecule has 38 heavy (non-hydrogen) atoms. The molecule has 0 spiro atoms. The van der Waals surface area contributed by atoms with Gasteiger partial charge in [0.05, 0.1) is 17.9 Å². The molecule has 0 saturated carbocycles. The van der Waals surface area contributed by atoms with Gasteiger partial charge >= 0.3 is 5.97 Å². The van der Waals surface area contributed by atoms with Crippen LogP contribution in [0.4, 0.5) is 10.1 Å². The van der Waals surface area contributed by atoms with Crippen LogP contribution in [0, 0.1) is 0 Å². The normalized spacial score (nSPS) is 13.4. The third-order valence-electron chi connectivity index (χ3n) is 6.12. The molecule has 2 aromatic heterocycles. The van der Waals surface area contributed by atoms with Crippen LogP contribution in [-0.2, 0) is 27.8 Å². The van der Waals surface area contributed by atoms with Crippen LogP contribution in [0.25, 0.3) is 0 Å². The smallest absolute Gasteiger partial charge is 0.341 e. The lowest BCUT2D eigenvalue weighted by atomic mass is 9.87. The van der Waals surface area contributed by atoms with Crippen LogP contribution in [0.1, 0.15) is 83.7 Å². The Labute approximate surface area is 235 Å². The highest BCUT2D eigenvalue weighted by atomic mass is 32.2. The maximum Gasteiger partial charge on any atom is 0.341 e. The fraction of sp³-hybridized carbons (Fsp3) is 0.444. The Morgan fingerprint density at radius 1 is 1.00 bits per heavy atom. The summed E-state index contributed by atoms with van der Waals surface area (Å²) in [5.41, 5.74) is 3.22. The molecule has 1 aliphatic rings. The molecule has 0 aliphatic heterocycles. The summed E-state index contributed by atoms with van der Waals surface area (Å²) in [6, 6.07) is 7.50. The number of nitrogens with one attached hydrogen (secondary N) is 2. The predicted molar refractivity (Wildman–Crippen MR) is 154 cm³/mol. The number of nitrogens with zero attached hydrogens (tertiary/aromatic N) is 2. The first-order valence-corrected chi connectivity index (χ1v) is 15.3. The van der Waals surface area contributed by atoms with Gasteiger partial charge in [0, 0.05) is 10.4 Å². The zero-order chi connectivity index (χ0) is 27.3. The average Bonchev–Trinajstić information content (AvgIpc) is 3.38. The van der Waals surface area contributed by atoms with Gasteiger partial charge in [-0.05, 0) is 61.3 Å². The quantitative estimate of drug-likeness (QED) is 0.141. The van der Waals surface area contributed by atoms with E-state index in [9.17, 15) is 14.4 Å². The molecular formula is C27H32N4O4S3. The summed E-state index contributed by atoms with van der Waals surface area (Å²) in [6.45, 7) is 8.43. The third-order valence-corrected chi connectivity index (χ3v) is 9.30. The summed E-state index contributed by atoms with van der Waals surface area (Å²) in [5.74, 6) is -0.786. The SMILES string of the molecule is CCOC(=O)c1c(NC(=O)CSc2nnc(NC(=O)c3ccc(C(C)(C)C)cc3)s2)sc2c1CCCCC2. The zero-order valence-electron chi connectivity index (χ0n) is 22.0. The lowest BCUT2D eigenvalue weighted by Crippen LogP contribution is -2.16. The summed E-state index contributed by atoms with van der Waals surface area (Å²) in [4.78, 5) is 39.2. The van der Waals surface area contributed by atoms with Crippen LogP contribution in [0.3, 0.4) is 0 Å². The van der Waals surface area contributed by atoms with Gasteiger partial charge in [0.15, 0.2) is 4.34 Å². The number of aromatic nitrogens is 2. The Bertz CT molecular complexity index is 1310. The molecule has 4 rings (SSSR count).